The molecule has 1 atom stereocenters. The minimum Gasteiger partial charge on any atom is -0.365 e. The standard InChI is InChI=1S/C23H16ClF4N5O2/c1-30-14-5-2-12(3-6-14)8-19(34)32-10-17-20(22(29)35)21(13-4-7-16(25)15(24)9-13)31-33(17)18(11-32)23(26,27)28/h2-7,9,18H,8,10-11H2,(H2,29,35). The van der Waals surface area contributed by atoms with Crippen LogP contribution in [0.5, 0.6) is 0 Å². The van der Waals surface area contributed by atoms with Crippen molar-refractivity contribution in [1.82, 2.24) is 14.7 Å². The fourth-order valence-electron chi connectivity index (χ4n) is 3.92. The predicted octanol–water partition coefficient (Wildman–Crippen LogP) is 4.68. The smallest absolute Gasteiger partial charge is 0.365 e. The Hall–Kier alpha value is -3.91. The molecule has 35 heavy (non-hydrogen) atoms. The third kappa shape index (κ3) is 4.70. The van der Waals surface area contributed by atoms with E-state index in [1.807, 2.05) is 0 Å². The lowest BCUT2D eigenvalue weighted by molar-refractivity contribution is -0.181. The second-order valence-corrected chi connectivity index (χ2v) is 8.30. The van der Waals surface area contributed by atoms with Gasteiger partial charge >= 0.3 is 6.18 Å². The quantitative estimate of drug-likeness (QED) is 0.413. The number of hydrogen-bond donors (Lipinski definition) is 1. The van der Waals surface area contributed by atoms with Crippen LogP contribution in [0.2, 0.25) is 5.02 Å². The van der Waals surface area contributed by atoms with Crippen LogP contribution in [0.25, 0.3) is 16.1 Å². The topological polar surface area (TPSA) is 85.6 Å². The number of carbonyl (C=O) groups excluding carboxylic acids is 2. The molecule has 1 unspecified atom stereocenters. The minimum atomic E-state index is -4.80. The van der Waals surface area contributed by atoms with Crippen LogP contribution in [-0.4, -0.2) is 39.2 Å². The Kier molecular flexibility index (Phi) is 6.25. The van der Waals surface area contributed by atoms with E-state index in [9.17, 15) is 27.2 Å². The van der Waals surface area contributed by atoms with Gasteiger partial charge in [-0.2, -0.15) is 18.3 Å². The van der Waals surface area contributed by atoms with E-state index in [2.05, 4.69) is 9.94 Å². The fraction of sp³-hybridized carbons (Fsp3) is 0.217. The average Bonchev–Trinajstić information content (AvgIpc) is 3.19. The van der Waals surface area contributed by atoms with E-state index in [1.54, 1.807) is 12.1 Å². The summed E-state index contributed by atoms with van der Waals surface area (Å²) in [6.45, 7) is 5.91. The zero-order valence-corrected chi connectivity index (χ0v) is 18.6. The van der Waals surface area contributed by atoms with Crippen LogP contribution in [0.3, 0.4) is 0 Å². The van der Waals surface area contributed by atoms with Crippen molar-refractivity contribution in [3.8, 4) is 11.3 Å². The number of halogens is 5. The van der Waals surface area contributed by atoms with Crippen LogP contribution < -0.4 is 5.73 Å². The van der Waals surface area contributed by atoms with Crippen molar-refractivity contribution < 1.29 is 27.2 Å². The lowest BCUT2D eigenvalue weighted by atomic mass is 10.0. The summed E-state index contributed by atoms with van der Waals surface area (Å²) in [6, 6.07) is 7.23. The lowest BCUT2D eigenvalue weighted by Gasteiger charge is -2.35. The molecule has 0 saturated carbocycles. The molecule has 0 fully saturated rings. The summed E-state index contributed by atoms with van der Waals surface area (Å²) >= 11 is 5.81. The van der Waals surface area contributed by atoms with Gasteiger partial charge < -0.3 is 10.6 Å². The second-order valence-electron chi connectivity index (χ2n) is 7.89. The monoisotopic (exact) mass is 505 g/mol. The Balaban J connectivity index is 1.76. The summed E-state index contributed by atoms with van der Waals surface area (Å²) < 4.78 is 56.3. The summed E-state index contributed by atoms with van der Waals surface area (Å²) in [6.07, 6.45) is -5.01. The van der Waals surface area contributed by atoms with Crippen LogP contribution in [0.4, 0.5) is 23.2 Å². The molecule has 12 heteroatoms. The van der Waals surface area contributed by atoms with Crippen molar-refractivity contribution in [2.45, 2.75) is 25.2 Å². The average molecular weight is 506 g/mol. The number of nitrogens with zero attached hydrogens (tertiary/aromatic N) is 4. The Morgan fingerprint density at radius 2 is 1.89 bits per heavy atom. The van der Waals surface area contributed by atoms with Crippen molar-refractivity contribution in [3.63, 3.8) is 0 Å². The molecule has 0 aliphatic carbocycles. The molecule has 2 heterocycles. The molecule has 1 aliphatic heterocycles. The number of carbonyl (C=O) groups is 2. The van der Waals surface area contributed by atoms with Gasteiger partial charge in [-0.1, -0.05) is 35.9 Å². The predicted molar refractivity (Wildman–Crippen MR) is 118 cm³/mol. The highest BCUT2D eigenvalue weighted by Gasteiger charge is 2.48. The van der Waals surface area contributed by atoms with Crippen LogP contribution in [-0.2, 0) is 17.8 Å². The number of primary amides is 1. The Labute approximate surface area is 201 Å². The van der Waals surface area contributed by atoms with Crippen LogP contribution in [0.1, 0.15) is 27.7 Å². The van der Waals surface area contributed by atoms with Crippen LogP contribution >= 0.6 is 11.6 Å². The van der Waals surface area contributed by atoms with Gasteiger partial charge in [0.25, 0.3) is 5.91 Å². The minimum absolute atomic E-state index is 0.103. The van der Waals surface area contributed by atoms with E-state index in [4.69, 9.17) is 23.9 Å². The maximum Gasteiger partial charge on any atom is 0.412 e. The van der Waals surface area contributed by atoms with E-state index in [0.717, 1.165) is 17.0 Å². The maximum absolute atomic E-state index is 14.0. The first kappa shape index (κ1) is 24.2. The van der Waals surface area contributed by atoms with E-state index < -0.39 is 36.4 Å². The molecule has 0 radical (unpaired) electrons. The number of aromatic nitrogens is 2. The number of nitrogens with two attached hydrogens (primary N) is 1. The molecule has 2 N–H and O–H groups in total. The van der Waals surface area contributed by atoms with Gasteiger partial charge in [0, 0.05) is 5.56 Å². The molecule has 0 saturated heterocycles. The molecule has 1 aliphatic rings. The largest absolute Gasteiger partial charge is 0.412 e. The molecular weight excluding hydrogens is 490 g/mol. The zero-order valence-electron chi connectivity index (χ0n) is 17.8. The van der Waals surface area contributed by atoms with Gasteiger partial charge in [0.15, 0.2) is 11.7 Å². The van der Waals surface area contributed by atoms with Gasteiger partial charge in [-0.3, -0.25) is 14.3 Å². The third-order valence-electron chi connectivity index (χ3n) is 5.63. The van der Waals surface area contributed by atoms with Crippen molar-refractivity contribution in [1.29, 1.82) is 0 Å². The van der Waals surface area contributed by atoms with Crippen LogP contribution in [0, 0.1) is 12.4 Å². The molecule has 7 nitrogen and oxygen atoms in total. The summed E-state index contributed by atoms with van der Waals surface area (Å²) in [5, 5.41) is 3.70. The van der Waals surface area contributed by atoms with Gasteiger partial charge in [-0.15, -0.1) is 0 Å². The molecule has 1 aromatic heterocycles. The van der Waals surface area contributed by atoms with Crippen molar-refractivity contribution in [2.24, 2.45) is 5.73 Å². The Morgan fingerprint density at radius 3 is 2.46 bits per heavy atom. The van der Waals surface area contributed by atoms with E-state index >= 15 is 0 Å². The molecule has 0 spiro atoms. The van der Waals surface area contributed by atoms with Crippen molar-refractivity contribution in [3.05, 3.63) is 81.5 Å². The maximum atomic E-state index is 14.0. The molecular formula is C23H16ClF4N5O2. The molecule has 0 bridgehead atoms. The Morgan fingerprint density at radius 1 is 1.20 bits per heavy atom. The van der Waals surface area contributed by atoms with E-state index in [0.29, 0.717) is 15.9 Å². The van der Waals surface area contributed by atoms with Gasteiger partial charge in [0.1, 0.15) is 11.5 Å². The highest BCUT2D eigenvalue weighted by atomic mass is 35.5. The lowest BCUT2D eigenvalue weighted by Crippen LogP contribution is -2.47. The first-order valence-electron chi connectivity index (χ1n) is 10.2. The highest BCUT2D eigenvalue weighted by molar-refractivity contribution is 6.31. The van der Waals surface area contributed by atoms with E-state index in [-0.39, 0.29) is 40.5 Å². The number of hydrogen-bond acceptors (Lipinski definition) is 3. The van der Waals surface area contributed by atoms with Gasteiger partial charge in [0.2, 0.25) is 5.91 Å². The summed E-state index contributed by atoms with van der Waals surface area (Å²) in [4.78, 5) is 29.5. The molecule has 180 valence electrons. The summed E-state index contributed by atoms with van der Waals surface area (Å²) in [7, 11) is 0. The van der Waals surface area contributed by atoms with Gasteiger partial charge in [0.05, 0.1) is 42.4 Å². The van der Waals surface area contributed by atoms with Gasteiger partial charge in [-0.25, -0.2) is 9.24 Å². The number of rotatable bonds is 4. The fourth-order valence-corrected chi connectivity index (χ4v) is 4.10. The number of benzene rings is 2. The number of fused-ring (bicyclic) bond motifs is 1. The molecule has 2 aromatic carbocycles. The normalized spacial score (nSPS) is 15.4. The third-order valence-corrected chi connectivity index (χ3v) is 5.92. The number of amides is 2. The SMILES string of the molecule is [C-]#[N+]c1ccc(CC(=O)N2Cc3c(C(N)=O)c(-c4ccc(F)c(Cl)c4)nn3C(C(F)(F)F)C2)cc1. The summed E-state index contributed by atoms with van der Waals surface area (Å²) in [5.41, 5.74) is 5.81. The van der Waals surface area contributed by atoms with Gasteiger partial charge in [-0.05, 0) is 23.8 Å². The Bertz CT molecular complexity index is 1360. The second kappa shape index (κ2) is 9.03. The van der Waals surface area contributed by atoms with Crippen molar-refractivity contribution in [2.75, 3.05) is 6.54 Å². The summed E-state index contributed by atoms with van der Waals surface area (Å²) in [5.74, 6) is -2.41. The highest BCUT2D eigenvalue weighted by Crippen LogP contribution is 2.39. The van der Waals surface area contributed by atoms with Crippen LogP contribution in [0.15, 0.2) is 42.5 Å². The van der Waals surface area contributed by atoms with E-state index in [1.165, 1.54) is 18.2 Å². The number of alkyl halides is 3. The first-order valence-corrected chi connectivity index (χ1v) is 10.5. The molecule has 4 rings (SSSR count). The zero-order chi connectivity index (χ0) is 25.5. The molecule has 2 amide bonds. The first-order chi connectivity index (χ1) is 16.5. The van der Waals surface area contributed by atoms with Crippen molar-refractivity contribution >= 4 is 29.1 Å². The molecule has 3 aromatic rings.